The molecule has 0 saturated heterocycles. The number of aromatic nitrogens is 1. The number of carboxylic acid groups (broad SMARTS) is 1. The zero-order valence-electron chi connectivity index (χ0n) is 11.5. The zero-order chi connectivity index (χ0) is 15.0. The number of ether oxygens (including phenoxy) is 2. The van der Waals surface area contributed by atoms with Crippen LogP contribution >= 0.6 is 0 Å². The van der Waals surface area contributed by atoms with Gasteiger partial charge in [0.05, 0.1) is 0 Å². The van der Waals surface area contributed by atoms with E-state index in [1.165, 1.54) is 6.07 Å². The fraction of sp³-hybridized carbons (Fsp3) is 0.462. The molecule has 0 fully saturated rings. The smallest absolute Gasteiger partial charge is 0.358 e. The summed E-state index contributed by atoms with van der Waals surface area (Å²) < 4.78 is 10.0. The Bertz CT molecular complexity index is 476. The summed E-state index contributed by atoms with van der Waals surface area (Å²) in [4.78, 5) is 26.4. The molecule has 0 aliphatic rings. The number of rotatable bonds is 8. The molecule has 0 aliphatic heterocycles. The quantitative estimate of drug-likeness (QED) is 0.678. The Hall–Kier alpha value is -2.15. The molecule has 1 aromatic rings. The highest BCUT2D eigenvalue weighted by atomic mass is 16.5. The molecule has 1 rings (SSSR count). The van der Waals surface area contributed by atoms with Gasteiger partial charge in [0.1, 0.15) is 0 Å². The third-order valence-corrected chi connectivity index (χ3v) is 2.41. The standard InChI is InChI=1S/C13H18N2O5/c1-9-4-5-10(12(15-9)13(17)18)20-8-11(16)14-6-3-7-19-2/h4-5H,3,6-8H2,1-2H3,(H,14,16)(H,17,18). The number of methoxy groups -OCH3 is 1. The van der Waals surface area contributed by atoms with Gasteiger partial charge in [-0.2, -0.15) is 0 Å². The Morgan fingerprint density at radius 2 is 2.15 bits per heavy atom. The molecule has 0 bridgehead atoms. The number of nitrogens with zero attached hydrogens (tertiary/aromatic N) is 1. The number of carbonyl (C=O) groups excluding carboxylic acids is 1. The summed E-state index contributed by atoms with van der Waals surface area (Å²) in [6, 6.07) is 3.11. The summed E-state index contributed by atoms with van der Waals surface area (Å²) >= 11 is 0. The molecule has 0 aromatic carbocycles. The Morgan fingerprint density at radius 3 is 2.80 bits per heavy atom. The fourth-order valence-corrected chi connectivity index (χ4v) is 1.45. The first-order valence-electron chi connectivity index (χ1n) is 6.14. The molecule has 0 radical (unpaired) electrons. The summed E-state index contributed by atoms with van der Waals surface area (Å²) in [6.07, 6.45) is 0.703. The van der Waals surface area contributed by atoms with E-state index < -0.39 is 5.97 Å². The van der Waals surface area contributed by atoms with Gasteiger partial charge in [0.2, 0.25) is 0 Å². The predicted molar refractivity (Wildman–Crippen MR) is 70.9 cm³/mol. The molecule has 7 nitrogen and oxygen atoms in total. The lowest BCUT2D eigenvalue weighted by Crippen LogP contribution is -2.30. The van der Waals surface area contributed by atoms with Crippen molar-refractivity contribution in [2.45, 2.75) is 13.3 Å². The van der Waals surface area contributed by atoms with Crippen molar-refractivity contribution in [3.63, 3.8) is 0 Å². The predicted octanol–water partition coefficient (Wildman–Crippen LogP) is 0.620. The molecular weight excluding hydrogens is 264 g/mol. The molecular formula is C13H18N2O5. The molecule has 1 aromatic heterocycles. The van der Waals surface area contributed by atoms with Crippen LogP contribution in [0.4, 0.5) is 0 Å². The molecule has 0 aliphatic carbocycles. The van der Waals surface area contributed by atoms with Crippen molar-refractivity contribution in [2.75, 3.05) is 26.9 Å². The molecule has 7 heteroatoms. The van der Waals surface area contributed by atoms with Crippen molar-refractivity contribution in [2.24, 2.45) is 0 Å². The zero-order valence-corrected chi connectivity index (χ0v) is 11.5. The highest BCUT2D eigenvalue weighted by molar-refractivity contribution is 5.88. The van der Waals surface area contributed by atoms with Crippen LogP contribution < -0.4 is 10.1 Å². The van der Waals surface area contributed by atoms with Crippen molar-refractivity contribution < 1.29 is 24.2 Å². The number of hydrogen-bond donors (Lipinski definition) is 2. The van der Waals surface area contributed by atoms with Crippen LogP contribution in [0.25, 0.3) is 0 Å². The Balaban J connectivity index is 2.49. The van der Waals surface area contributed by atoms with E-state index in [4.69, 9.17) is 14.6 Å². The summed E-state index contributed by atoms with van der Waals surface area (Å²) in [5.41, 5.74) is 0.371. The maximum atomic E-state index is 11.5. The van der Waals surface area contributed by atoms with Crippen LogP contribution in [0.5, 0.6) is 5.75 Å². The maximum absolute atomic E-state index is 11.5. The number of hydrogen-bond acceptors (Lipinski definition) is 5. The summed E-state index contributed by atoms with van der Waals surface area (Å²) in [5, 5.41) is 11.6. The molecule has 2 N–H and O–H groups in total. The third kappa shape index (κ3) is 5.23. The van der Waals surface area contributed by atoms with Crippen LogP contribution in [0.3, 0.4) is 0 Å². The number of carboxylic acids is 1. The van der Waals surface area contributed by atoms with Crippen LogP contribution in [-0.4, -0.2) is 48.8 Å². The van der Waals surface area contributed by atoms with Crippen LogP contribution in [-0.2, 0) is 9.53 Å². The lowest BCUT2D eigenvalue weighted by Gasteiger charge is -2.09. The van der Waals surface area contributed by atoms with Crippen LogP contribution in [0.1, 0.15) is 22.6 Å². The summed E-state index contributed by atoms with van der Waals surface area (Å²) in [6.45, 7) is 2.47. The second-order valence-electron chi connectivity index (χ2n) is 4.09. The van der Waals surface area contributed by atoms with Crippen molar-refractivity contribution in [1.29, 1.82) is 0 Å². The largest absolute Gasteiger partial charge is 0.481 e. The van der Waals surface area contributed by atoms with E-state index in [1.807, 2.05) is 0 Å². The molecule has 110 valence electrons. The number of amides is 1. The van der Waals surface area contributed by atoms with Gasteiger partial charge in [-0.1, -0.05) is 0 Å². The third-order valence-electron chi connectivity index (χ3n) is 2.41. The van der Waals surface area contributed by atoms with E-state index in [-0.39, 0.29) is 24.0 Å². The maximum Gasteiger partial charge on any atom is 0.358 e. The Labute approximate surface area is 116 Å². The van der Waals surface area contributed by atoms with Crippen LogP contribution in [0.2, 0.25) is 0 Å². The molecule has 1 amide bonds. The number of aromatic carboxylic acids is 1. The van der Waals surface area contributed by atoms with Gasteiger partial charge in [-0.25, -0.2) is 9.78 Å². The molecule has 20 heavy (non-hydrogen) atoms. The van der Waals surface area contributed by atoms with E-state index in [2.05, 4.69) is 10.3 Å². The molecule has 1 heterocycles. The molecule has 0 atom stereocenters. The monoisotopic (exact) mass is 282 g/mol. The number of pyridine rings is 1. The minimum absolute atomic E-state index is 0.0788. The van der Waals surface area contributed by atoms with Crippen molar-refractivity contribution in [3.05, 3.63) is 23.5 Å². The second kappa shape index (κ2) is 8.11. The summed E-state index contributed by atoms with van der Waals surface area (Å²) in [5.74, 6) is -1.43. The fourth-order valence-electron chi connectivity index (χ4n) is 1.45. The average Bonchev–Trinajstić information content (AvgIpc) is 2.42. The topological polar surface area (TPSA) is 97.8 Å². The van der Waals surface area contributed by atoms with Gasteiger partial charge in [-0.3, -0.25) is 4.79 Å². The van der Waals surface area contributed by atoms with E-state index in [0.29, 0.717) is 25.3 Å². The Kier molecular flexibility index (Phi) is 6.45. The lowest BCUT2D eigenvalue weighted by atomic mass is 10.3. The number of carbonyl (C=O) groups is 2. The van der Waals surface area contributed by atoms with E-state index in [9.17, 15) is 9.59 Å². The first-order chi connectivity index (χ1) is 9.54. The first-order valence-corrected chi connectivity index (χ1v) is 6.14. The van der Waals surface area contributed by atoms with Crippen molar-refractivity contribution in [1.82, 2.24) is 10.3 Å². The normalized spacial score (nSPS) is 10.1. The minimum atomic E-state index is -1.19. The van der Waals surface area contributed by atoms with E-state index >= 15 is 0 Å². The first kappa shape index (κ1) is 15.9. The second-order valence-corrected chi connectivity index (χ2v) is 4.09. The number of aryl methyl sites for hydroxylation is 1. The minimum Gasteiger partial charge on any atom is -0.481 e. The SMILES string of the molecule is COCCCNC(=O)COc1ccc(C)nc1C(=O)O. The highest BCUT2D eigenvalue weighted by Gasteiger charge is 2.14. The Morgan fingerprint density at radius 1 is 1.40 bits per heavy atom. The van der Waals surface area contributed by atoms with Gasteiger partial charge in [-0.15, -0.1) is 0 Å². The average molecular weight is 282 g/mol. The van der Waals surface area contributed by atoms with Crippen molar-refractivity contribution in [3.8, 4) is 5.75 Å². The van der Waals surface area contributed by atoms with E-state index in [0.717, 1.165) is 0 Å². The number of nitrogens with one attached hydrogen (secondary N) is 1. The van der Waals surface area contributed by atoms with Gasteiger partial charge in [-0.05, 0) is 25.5 Å². The summed E-state index contributed by atoms with van der Waals surface area (Å²) in [7, 11) is 1.59. The van der Waals surface area contributed by atoms with Gasteiger partial charge in [0.15, 0.2) is 18.1 Å². The van der Waals surface area contributed by atoms with Crippen LogP contribution in [0, 0.1) is 6.92 Å². The van der Waals surface area contributed by atoms with Crippen molar-refractivity contribution >= 4 is 11.9 Å². The van der Waals surface area contributed by atoms with E-state index in [1.54, 1.807) is 20.1 Å². The molecule has 0 spiro atoms. The van der Waals surface area contributed by atoms with Gasteiger partial charge < -0.3 is 19.9 Å². The molecule has 0 saturated carbocycles. The van der Waals surface area contributed by atoms with Gasteiger partial charge in [0, 0.05) is 26.0 Å². The molecule has 0 unspecified atom stereocenters. The lowest BCUT2D eigenvalue weighted by molar-refractivity contribution is -0.123. The van der Waals surface area contributed by atoms with Gasteiger partial charge in [0.25, 0.3) is 5.91 Å². The van der Waals surface area contributed by atoms with Gasteiger partial charge >= 0.3 is 5.97 Å². The van der Waals surface area contributed by atoms with Crippen LogP contribution in [0.15, 0.2) is 12.1 Å². The highest BCUT2D eigenvalue weighted by Crippen LogP contribution is 2.16.